The summed E-state index contributed by atoms with van der Waals surface area (Å²) in [6.45, 7) is 5.90. The van der Waals surface area contributed by atoms with Crippen LogP contribution in [0.5, 0.6) is 0 Å². The van der Waals surface area contributed by atoms with Crippen molar-refractivity contribution in [3.05, 3.63) is 96.1 Å². The van der Waals surface area contributed by atoms with Crippen molar-refractivity contribution in [2.45, 2.75) is 19.5 Å². The summed E-state index contributed by atoms with van der Waals surface area (Å²) in [6, 6.07) is 30.4. The van der Waals surface area contributed by atoms with Gasteiger partial charge in [-0.2, -0.15) is 0 Å². The number of rotatable bonds is 11. The zero-order valence-electron chi connectivity index (χ0n) is 18.8. The largest absolute Gasteiger partial charge is 0.315 e. The van der Waals surface area contributed by atoms with Crippen molar-refractivity contribution in [1.29, 1.82) is 0 Å². The van der Waals surface area contributed by atoms with Gasteiger partial charge in [-0.05, 0) is 64.3 Å². The SMILES string of the molecule is Cl.Cl.Cl.c1ccc2cc(CNCCCNCCNCc3ccc4ccccc4c3)ccc2c1. The molecule has 6 heteroatoms. The van der Waals surface area contributed by atoms with Crippen LogP contribution in [0.4, 0.5) is 0 Å². The zero-order chi connectivity index (χ0) is 20.4. The Morgan fingerprint density at radius 1 is 0.424 bits per heavy atom. The summed E-state index contributed by atoms with van der Waals surface area (Å²) in [7, 11) is 0. The molecule has 33 heavy (non-hydrogen) atoms. The summed E-state index contributed by atoms with van der Waals surface area (Å²) < 4.78 is 0. The Hall–Kier alpha value is -1.85. The molecule has 0 aliphatic rings. The molecule has 0 aliphatic heterocycles. The molecule has 0 radical (unpaired) electrons. The lowest BCUT2D eigenvalue weighted by atomic mass is 10.1. The van der Waals surface area contributed by atoms with Crippen molar-refractivity contribution in [1.82, 2.24) is 16.0 Å². The molecule has 178 valence electrons. The highest BCUT2D eigenvalue weighted by Crippen LogP contribution is 2.16. The molecule has 0 spiro atoms. The average molecular weight is 507 g/mol. The third kappa shape index (κ3) is 9.13. The van der Waals surface area contributed by atoms with Gasteiger partial charge in [-0.15, -0.1) is 37.2 Å². The Morgan fingerprint density at radius 3 is 1.39 bits per heavy atom. The highest BCUT2D eigenvalue weighted by molar-refractivity contribution is 5.86. The standard InChI is InChI=1S/C27H31N3.3ClH/c1-3-8-26-18-22(10-12-24(26)6-1)20-29-15-5-14-28-16-17-30-21-23-11-13-25-7-2-4-9-27(25)19-23;;;/h1-4,6-13,18-19,28-30H,5,14-17,20-21H2;3*1H. The smallest absolute Gasteiger partial charge is 0.0206 e. The summed E-state index contributed by atoms with van der Waals surface area (Å²) in [5.41, 5.74) is 2.69. The van der Waals surface area contributed by atoms with Crippen LogP contribution in [0.1, 0.15) is 17.5 Å². The fraction of sp³-hybridized carbons (Fsp3) is 0.259. The maximum atomic E-state index is 3.55. The summed E-state index contributed by atoms with van der Waals surface area (Å²) >= 11 is 0. The highest BCUT2D eigenvalue weighted by atomic mass is 35.5. The predicted octanol–water partition coefficient (Wildman–Crippen LogP) is 6.12. The quantitative estimate of drug-likeness (QED) is 0.215. The molecule has 3 N–H and O–H groups in total. The van der Waals surface area contributed by atoms with Gasteiger partial charge in [0.15, 0.2) is 0 Å². The second kappa shape index (κ2) is 15.9. The Morgan fingerprint density at radius 2 is 0.848 bits per heavy atom. The van der Waals surface area contributed by atoms with Gasteiger partial charge in [-0.1, -0.05) is 72.8 Å². The van der Waals surface area contributed by atoms with Gasteiger partial charge >= 0.3 is 0 Å². The van der Waals surface area contributed by atoms with Gasteiger partial charge in [0.05, 0.1) is 0 Å². The van der Waals surface area contributed by atoms with Crippen LogP contribution in [0, 0.1) is 0 Å². The van der Waals surface area contributed by atoms with Gasteiger partial charge < -0.3 is 16.0 Å². The highest BCUT2D eigenvalue weighted by Gasteiger charge is 1.98. The lowest BCUT2D eigenvalue weighted by molar-refractivity contribution is 0.572. The van der Waals surface area contributed by atoms with Crippen LogP contribution < -0.4 is 16.0 Å². The van der Waals surface area contributed by atoms with E-state index < -0.39 is 0 Å². The number of benzene rings is 4. The maximum absolute atomic E-state index is 3.55. The Balaban J connectivity index is 0.00000181. The van der Waals surface area contributed by atoms with Crippen molar-refractivity contribution in [3.8, 4) is 0 Å². The van der Waals surface area contributed by atoms with E-state index in [-0.39, 0.29) is 37.2 Å². The first-order valence-corrected chi connectivity index (χ1v) is 11.0. The summed E-state index contributed by atoms with van der Waals surface area (Å²) in [4.78, 5) is 0. The summed E-state index contributed by atoms with van der Waals surface area (Å²) in [5, 5.41) is 15.8. The third-order valence-corrected chi connectivity index (χ3v) is 5.47. The van der Waals surface area contributed by atoms with Crippen molar-refractivity contribution in [2.24, 2.45) is 0 Å². The maximum Gasteiger partial charge on any atom is 0.0206 e. The van der Waals surface area contributed by atoms with Crippen LogP contribution in [-0.4, -0.2) is 26.2 Å². The van der Waals surface area contributed by atoms with Crippen LogP contribution in [0.3, 0.4) is 0 Å². The van der Waals surface area contributed by atoms with E-state index in [1.54, 1.807) is 0 Å². The molecule has 3 nitrogen and oxygen atoms in total. The number of hydrogen-bond acceptors (Lipinski definition) is 3. The zero-order valence-corrected chi connectivity index (χ0v) is 21.2. The van der Waals surface area contributed by atoms with Crippen LogP contribution in [0.15, 0.2) is 84.9 Å². The summed E-state index contributed by atoms with van der Waals surface area (Å²) in [6.07, 6.45) is 1.14. The minimum Gasteiger partial charge on any atom is -0.315 e. The fourth-order valence-electron chi connectivity index (χ4n) is 3.80. The second-order valence-electron chi connectivity index (χ2n) is 7.82. The van der Waals surface area contributed by atoms with Crippen LogP contribution in [0.2, 0.25) is 0 Å². The normalized spacial score (nSPS) is 10.3. The molecule has 0 heterocycles. The third-order valence-electron chi connectivity index (χ3n) is 5.47. The van der Waals surface area contributed by atoms with E-state index in [0.717, 1.165) is 45.7 Å². The van der Waals surface area contributed by atoms with E-state index >= 15 is 0 Å². The molecular formula is C27H34Cl3N3. The molecule has 4 rings (SSSR count). The van der Waals surface area contributed by atoms with Gasteiger partial charge in [0.2, 0.25) is 0 Å². The number of halogens is 3. The Kier molecular flexibility index (Phi) is 14.1. The van der Waals surface area contributed by atoms with E-state index in [4.69, 9.17) is 0 Å². The molecule has 0 atom stereocenters. The van der Waals surface area contributed by atoms with Gasteiger partial charge in [0, 0.05) is 26.2 Å². The van der Waals surface area contributed by atoms with E-state index in [9.17, 15) is 0 Å². The van der Waals surface area contributed by atoms with E-state index in [0.29, 0.717) is 0 Å². The minimum atomic E-state index is 0. The molecule has 0 saturated carbocycles. The van der Waals surface area contributed by atoms with Crippen molar-refractivity contribution in [2.75, 3.05) is 26.2 Å². The van der Waals surface area contributed by atoms with Crippen molar-refractivity contribution < 1.29 is 0 Å². The minimum absolute atomic E-state index is 0. The Bertz CT molecular complexity index is 1000. The van der Waals surface area contributed by atoms with Crippen molar-refractivity contribution in [3.63, 3.8) is 0 Å². The van der Waals surface area contributed by atoms with Gasteiger partial charge in [0.25, 0.3) is 0 Å². The first kappa shape index (κ1) is 29.2. The monoisotopic (exact) mass is 505 g/mol. The lowest BCUT2D eigenvalue weighted by Crippen LogP contribution is -2.29. The molecule has 4 aromatic carbocycles. The molecule has 0 bridgehead atoms. The molecular weight excluding hydrogens is 473 g/mol. The average Bonchev–Trinajstić information content (AvgIpc) is 2.80. The first-order valence-electron chi connectivity index (χ1n) is 11.0. The molecule has 0 aliphatic carbocycles. The van der Waals surface area contributed by atoms with Gasteiger partial charge in [0.1, 0.15) is 0 Å². The first-order chi connectivity index (χ1) is 14.9. The number of fused-ring (bicyclic) bond motifs is 2. The predicted molar refractivity (Wildman–Crippen MR) is 151 cm³/mol. The van der Waals surface area contributed by atoms with Crippen LogP contribution >= 0.6 is 37.2 Å². The van der Waals surface area contributed by atoms with Crippen LogP contribution in [0.25, 0.3) is 21.5 Å². The van der Waals surface area contributed by atoms with E-state index in [2.05, 4.69) is 101 Å². The number of nitrogens with one attached hydrogen (secondary N) is 3. The fourth-order valence-corrected chi connectivity index (χ4v) is 3.80. The number of hydrogen-bond donors (Lipinski definition) is 3. The van der Waals surface area contributed by atoms with E-state index in [1.807, 2.05) is 0 Å². The molecule has 0 saturated heterocycles. The van der Waals surface area contributed by atoms with E-state index in [1.165, 1.54) is 32.7 Å². The molecule has 0 aromatic heterocycles. The van der Waals surface area contributed by atoms with Gasteiger partial charge in [-0.3, -0.25) is 0 Å². The molecule has 0 amide bonds. The summed E-state index contributed by atoms with van der Waals surface area (Å²) in [5.74, 6) is 0. The van der Waals surface area contributed by atoms with Crippen LogP contribution in [-0.2, 0) is 13.1 Å². The second-order valence-corrected chi connectivity index (χ2v) is 7.82. The van der Waals surface area contributed by atoms with Crippen molar-refractivity contribution >= 4 is 58.8 Å². The van der Waals surface area contributed by atoms with Gasteiger partial charge in [-0.25, -0.2) is 0 Å². The lowest BCUT2D eigenvalue weighted by Gasteiger charge is -2.09. The molecule has 0 unspecified atom stereocenters. The molecule has 4 aromatic rings. The topological polar surface area (TPSA) is 36.1 Å². The Labute approximate surface area is 216 Å². The molecule has 0 fully saturated rings.